The number of nitrogens with one attached hydrogen (secondary N) is 3. The Kier molecular flexibility index (Phi) is 7.75. The van der Waals surface area contributed by atoms with Gasteiger partial charge in [0.15, 0.2) is 17.4 Å². The summed E-state index contributed by atoms with van der Waals surface area (Å²) in [5.74, 6) is 0.859. The fraction of sp³-hybridized carbons (Fsp3) is 0.389. The van der Waals surface area contributed by atoms with Crippen molar-refractivity contribution in [1.82, 2.24) is 29.7 Å². The number of carbonyl (C=O) groups excluding carboxylic acids is 1. The number of aromatic hydroxyl groups is 1. The maximum Gasteiger partial charge on any atom is 0.291 e. The number of piperidine rings is 2. The number of aromatic nitrogens is 4. The van der Waals surface area contributed by atoms with E-state index < -0.39 is 0 Å². The average Bonchev–Trinajstić information content (AvgIpc) is 3.69. The average molecular weight is 617 g/mol. The van der Waals surface area contributed by atoms with E-state index in [-0.39, 0.29) is 23.7 Å². The molecule has 2 saturated heterocycles. The number of pyridine rings is 1. The lowest BCUT2D eigenvalue weighted by Gasteiger charge is -2.41. The lowest BCUT2D eigenvalue weighted by molar-refractivity contribution is 0.0864. The molecule has 2 aromatic carbocycles. The zero-order valence-corrected chi connectivity index (χ0v) is 26.0. The minimum absolute atomic E-state index is 0.0693. The van der Waals surface area contributed by atoms with Gasteiger partial charge < -0.3 is 30.2 Å². The highest BCUT2D eigenvalue weighted by Crippen LogP contribution is 2.34. The molecule has 10 heteroatoms. The zero-order chi connectivity index (χ0) is 31.0. The Balaban J connectivity index is 1.00. The number of anilines is 1. The van der Waals surface area contributed by atoms with Crippen molar-refractivity contribution in [3.63, 3.8) is 0 Å². The highest BCUT2D eigenvalue weighted by atomic mass is 16.3. The van der Waals surface area contributed by atoms with Gasteiger partial charge in [-0.25, -0.2) is 9.97 Å². The predicted octanol–water partition coefficient (Wildman–Crippen LogP) is 5.57. The molecule has 46 heavy (non-hydrogen) atoms. The molecule has 10 nitrogen and oxygen atoms in total. The van der Waals surface area contributed by atoms with Gasteiger partial charge in [0.2, 0.25) is 0 Å². The molecule has 0 radical (unpaired) electrons. The van der Waals surface area contributed by atoms with Crippen molar-refractivity contribution < 1.29 is 9.90 Å². The molecule has 1 saturated carbocycles. The van der Waals surface area contributed by atoms with E-state index >= 15 is 0 Å². The first-order valence-electron chi connectivity index (χ1n) is 16.6. The van der Waals surface area contributed by atoms with Gasteiger partial charge in [-0.1, -0.05) is 30.3 Å². The van der Waals surface area contributed by atoms with Crippen molar-refractivity contribution in [3.8, 4) is 5.88 Å². The Labute approximate surface area is 268 Å². The molecule has 1 amide bonds. The van der Waals surface area contributed by atoms with Crippen LogP contribution in [0, 0.1) is 5.92 Å². The summed E-state index contributed by atoms with van der Waals surface area (Å²) in [5.41, 5.74) is 4.94. The van der Waals surface area contributed by atoms with Crippen LogP contribution in [0.25, 0.3) is 22.1 Å². The number of amides is 1. The number of H-pyrrole nitrogens is 2. The number of imidazole rings is 1. The van der Waals surface area contributed by atoms with E-state index in [1.807, 2.05) is 42.5 Å². The summed E-state index contributed by atoms with van der Waals surface area (Å²) < 4.78 is 0. The van der Waals surface area contributed by atoms with E-state index in [1.54, 1.807) is 12.3 Å². The smallest absolute Gasteiger partial charge is 0.291 e. The first-order valence-corrected chi connectivity index (χ1v) is 16.6. The molecular weight excluding hydrogens is 576 g/mol. The number of fused-ring (bicyclic) bond motifs is 2. The molecule has 5 heterocycles. The number of aromatic amines is 2. The van der Waals surface area contributed by atoms with E-state index in [2.05, 4.69) is 47.2 Å². The standard InChI is InChI=1S/C36H40N8O2/c45-35-31(28-11-10-26(21-30(28)41-35)39-36(46)34-40-29-7-4-16-37-33(29)42-34)32(24-5-2-1-3-6-24)38-25-12-19-44(20-13-25)27-14-17-43(18-15-27)22-23-8-9-23/h1-7,10-11,16,21,23,25,27,41,45H,8-9,12-15,17-20,22H2,(H,39,46)(H,37,40,42). The van der Waals surface area contributed by atoms with E-state index in [9.17, 15) is 9.90 Å². The van der Waals surface area contributed by atoms with E-state index in [4.69, 9.17) is 4.99 Å². The topological polar surface area (TPSA) is 126 Å². The van der Waals surface area contributed by atoms with Gasteiger partial charge in [0.1, 0.15) is 0 Å². The van der Waals surface area contributed by atoms with Gasteiger partial charge in [0.05, 0.1) is 28.4 Å². The van der Waals surface area contributed by atoms with Gasteiger partial charge in [-0.05, 0) is 87.9 Å². The van der Waals surface area contributed by atoms with E-state index in [0.29, 0.717) is 34.0 Å². The van der Waals surface area contributed by atoms with E-state index in [1.165, 1.54) is 45.3 Å². The summed E-state index contributed by atoms with van der Waals surface area (Å²) in [6.45, 7) is 5.91. The highest BCUT2D eigenvalue weighted by Gasteiger charge is 2.31. The van der Waals surface area contributed by atoms with Crippen LogP contribution in [0.1, 0.15) is 60.3 Å². The number of likely N-dealkylation sites (tertiary alicyclic amines) is 2. The SMILES string of the molecule is O=C(Nc1ccc2c(C(=NC3CCN(C4CCN(CC5CC5)CC4)CC3)c3ccccc3)c(O)[nH]c2c1)c1nc2ncccc2[nH]1. The highest BCUT2D eigenvalue weighted by molar-refractivity contribution is 6.21. The monoisotopic (exact) mass is 616 g/mol. The molecule has 3 fully saturated rings. The molecule has 3 aromatic heterocycles. The van der Waals surface area contributed by atoms with Crippen LogP contribution in [-0.2, 0) is 0 Å². The van der Waals surface area contributed by atoms with Crippen LogP contribution in [0.4, 0.5) is 5.69 Å². The summed E-state index contributed by atoms with van der Waals surface area (Å²) in [7, 11) is 0. The number of hydrogen-bond acceptors (Lipinski definition) is 7. The van der Waals surface area contributed by atoms with Crippen molar-refractivity contribution in [2.75, 3.05) is 38.0 Å². The van der Waals surface area contributed by atoms with Gasteiger partial charge in [0.25, 0.3) is 5.91 Å². The van der Waals surface area contributed by atoms with E-state index in [0.717, 1.165) is 48.5 Å². The minimum Gasteiger partial charge on any atom is -0.494 e. The Hall–Kier alpha value is -4.54. The van der Waals surface area contributed by atoms with Crippen LogP contribution in [-0.4, -0.2) is 91.3 Å². The molecule has 0 atom stereocenters. The second kappa shape index (κ2) is 12.3. The molecule has 3 aliphatic rings. The van der Waals surface area contributed by atoms with Gasteiger partial charge in [-0.15, -0.1) is 0 Å². The summed E-state index contributed by atoms with van der Waals surface area (Å²) in [5, 5.41) is 15.0. The number of benzene rings is 2. The molecule has 4 N–H and O–H groups in total. The number of aliphatic imine (C=N–C) groups is 1. The number of rotatable bonds is 8. The molecule has 2 aliphatic heterocycles. The third kappa shape index (κ3) is 6.02. The molecule has 0 bridgehead atoms. The van der Waals surface area contributed by atoms with Crippen molar-refractivity contribution in [2.24, 2.45) is 10.9 Å². The van der Waals surface area contributed by atoms with Crippen LogP contribution in [0.3, 0.4) is 0 Å². The Bertz CT molecular complexity index is 1840. The maximum atomic E-state index is 13.0. The Morgan fingerprint density at radius 2 is 1.72 bits per heavy atom. The van der Waals surface area contributed by atoms with Crippen molar-refractivity contribution in [2.45, 2.75) is 50.6 Å². The summed E-state index contributed by atoms with van der Waals surface area (Å²) in [6.07, 6.45) is 9.07. The number of carbonyl (C=O) groups is 1. The second-order valence-electron chi connectivity index (χ2n) is 13.1. The molecule has 8 rings (SSSR count). The van der Waals surface area contributed by atoms with Crippen molar-refractivity contribution in [3.05, 3.63) is 83.8 Å². The molecule has 0 spiro atoms. The van der Waals surface area contributed by atoms with Crippen LogP contribution in [0.5, 0.6) is 5.88 Å². The first kappa shape index (κ1) is 28.9. The zero-order valence-electron chi connectivity index (χ0n) is 26.0. The van der Waals surface area contributed by atoms with Crippen LogP contribution in [0.2, 0.25) is 0 Å². The van der Waals surface area contributed by atoms with Crippen LogP contribution < -0.4 is 5.32 Å². The lowest BCUT2D eigenvalue weighted by atomic mass is 9.96. The maximum absolute atomic E-state index is 13.0. The molecular formula is C36H40N8O2. The molecule has 236 valence electrons. The quantitative estimate of drug-likeness (QED) is 0.169. The first-order chi connectivity index (χ1) is 22.6. The van der Waals surface area contributed by atoms with Gasteiger partial charge in [-0.2, -0.15) is 0 Å². The van der Waals surface area contributed by atoms with Crippen molar-refractivity contribution >= 4 is 39.4 Å². The fourth-order valence-corrected chi connectivity index (χ4v) is 7.22. The third-order valence-corrected chi connectivity index (χ3v) is 9.89. The number of nitrogens with zero attached hydrogens (tertiary/aromatic N) is 5. The Morgan fingerprint density at radius 1 is 0.913 bits per heavy atom. The number of hydrogen-bond donors (Lipinski definition) is 4. The molecule has 0 unspecified atom stereocenters. The van der Waals surface area contributed by atoms with Crippen molar-refractivity contribution in [1.29, 1.82) is 0 Å². The molecule has 1 aliphatic carbocycles. The summed E-state index contributed by atoms with van der Waals surface area (Å²) in [6, 6.07) is 20.2. The summed E-state index contributed by atoms with van der Waals surface area (Å²) in [4.78, 5) is 38.3. The van der Waals surface area contributed by atoms with Crippen LogP contribution in [0.15, 0.2) is 71.9 Å². The van der Waals surface area contributed by atoms with Crippen LogP contribution >= 0.6 is 0 Å². The van der Waals surface area contributed by atoms with Gasteiger partial charge in [-0.3, -0.25) is 9.79 Å². The fourth-order valence-electron chi connectivity index (χ4n) is 7.22. The summed E-state index contributed by atoms with van der Waals surface area (Å²) >= 11 is 0. The second-order valence-corrected chi connectivity index (χ2v) is 13.1. The minimum atomic E-state index is -0.366. The van der Waals surface area contributed by atoms with Gasteiger partial charge in [0, 0.05) is 48.5 Å². The van der Waals surface area contributed by atoms with Gasteiger partial charge >= 0.3 is 0 Å². The Morgan fingerprint density at radius 3 is 2.48 bits per heavy atom. The predicted molar refractivity (Wildman–Crippen MR) is 181 cm³/mol. The normalized spacial score (nSPS) is 19.3. The third-order valence-electron chi connectivity index (χ3n) is 9.89. The molecule has 5 aromatic rings. The lowest BCUT2D eigenvalue weighted by Crippen LogP contribution is -2.48. The largest absolute Gasteiger partial charge is 0.494 e.